The van der Waals surface area contributed by atoms with E-state index in [4.69, 9.17) is 16.3 Å². The molecule has 0 aliphatic rings. The second kappa shape index (κ2) is 5.44. The molecule has 0 amide bonds. The topological polar surface area (TPSA) is 21.3 Å². The summed E-state index contributed by atoms with van der Waals surface area (Å²) in [5, 5.41) is 4.10. The highest BCUT2D eigenvalue weighted by Gasteiger charge is 2.14. The van der Waals surface area contributed by atoms with Gasteiger partial charge in [0.25, 0.3) is 0 Å². The van der Waals surface area contributed by atoms with Crippen molar-refractivity contribution >= 4 is 17.3 Å². The fourth-order valence-corrected chi connectivity index (χ4v) is 1.89. The Balaban J connectivity index is 3.26. The number of aryl methyl sites for hydroxylation is 1. The van der Waals surface area contributed by atoms with Crippen molar-refractivity contribution in [1.82, 2.24) is 0 Å². The van der Waals surface area contributed by atoms with Crippen LogP contribution in [0.1, 0.15) is 31.9 Å². The van der Waals surface area contributed by atoms with E-state index >= 15 is 0 Å². The van der Waals surface area contributed by atoms with Gasteiger partial charge < -0.3 is 10.1 Å². The molecular formula is C13H20ClNO. The maximum Gasteiger partial charge on any atom is 0.146 e. The zero-order valence-electron chi connectivity index (χ0n) is 10.6. The van der Waals surface area contributed by atoms with Crippen LogP contribution in [0.2, 0.25) is 5.02 Å². The van der Waals surface area contributed by atoms with Crippen molar-refractivity contribution in [2.75, 3.05) is 11.9 Å². The van der Waals surface area contributed by atoms with Gasteiger partial charge in [-0.15, -0.1) is 0 Å². The van der Waals surface area contributed by atoms with Crippen LogP contribution in [0, 0.1) is 13.8 Å². The zero-order valence-corrected chi connectivity index (χ0v) is 11.4. The second-order valence-electron chi connectivity index (χ2n) is 4.20. The first kappa shape index (κ1) is 13.2. The van der Waals surface area contributed by atoms with E-state index in [0.29, 0.717) is 0 Å². The molecule has 1 aromatic rings. The first-order valence-electron chi connectivity index (χ1n) is 5.67. The largest absolute Gasteiger partial charge is 0.489 e. The summed E-state index contributed by atoms with van der Waals surface area (Å²) in [7, 11) is 0. The van der Waals surface area contributed by atoms with Gasteiger partial charge in [0.05, 0.1) is 11.8 Å². The number of halogens is 1. The predicted octanol–water partition coefficient (Wildman–Crippen LogP) is 4.18. The third-order valence-corrected chi connectivity index (χ3v) is 2.76. The number of hydrogen-bond acceptors (Lipinski definition) is 2. The van der Waals surface area contributed by atoms with Crippen molar-refractivity contribution in [1.29, 1.82) is 0 Å². The minimum absolute atomic E-state index is 0.164. The van der Waals surface area contributed by atoms with E-state index in [1.165, 1.54) is 0 Å². The van der Waals surface area contributed by atoms with Crippen LogP contribution in [0.3, 0.4) is 0 Å². The van der Waals surface area contributed by atoms with Gasteiger partial charge in [-0.05, 0) is 51.8 Å². The lowest BCUT2D eigenvalue weighted by atomic mass is 10.1. The van der Waals surface area contributed by atoms with Gasteiger partial charge in [0.1, 0.15) is 5.75 Å². The van der Waals surface area contributed by atoms with Crippen LogP contribution in [0.25, 0.3) is 0 Å². The van der Waals surface area contributed by atoms with E-state index in [9.17, 15) is 0 Å². The Kier molecular flexibility index (Phi) is 4.48. The van der Waals surface area contributed by atoms with Crippen LogP contribution < -0.4 is 10.1 Å². The lowest BCUT2D eigenvalue weighted by molar-refractivity contribution is 0.242. The van der Waals surface area contributed by atoms with Gasteiger partial charge in [-0.3, -0.25) is 0 Å². The van der Waals surface area contributed by atoms with Crippen molar-refractivity contribution in [3.05, 3.63) is 22.2 Å². The second-order valence-corrected chi connectivity index (χ2v) is 4.61. The van der Waals surface area contributed by atoms with Gasteiger partial charge >= 0.3 is 0 Å². The quantitative estimate of drug-likeness (QED) is 0.854. The lowest BCUT2D eigenvalue weighted by Gasteiger charge is -2.20. The van der Waals surface area contributed by atoms with Crippen molar-refractivity contribution < 1.29 is 4.74 Å². The fourth-order valence-electron chi connectivity index (χ4n) is 1.63. The van der Waals surface area contributed by atoms with Crippen molar-refractivity contribution in [2.24, 2.45) is 0 Å². The van der Waals surface area contributed by atoms with Gasteiger partial charge in [0.15, 0.2) is 0 Å². The fraction of sp³-hybridized carbons (Fsp3) is 0.538. The first-order chi connectivity index (χ1) is 7.47. The molecule has 16 heavy (non-hydrogen) atoms. The Morgan fingerprint density at radius 1 is 1.38 bits per heavy atom. The summed E-state index contributed by atoms with van der Waals surface area (Å²) in [6.07, 6.45) is 0.164. The number of rotatable bonds is 4. The van der Waals surface area contributed by atoms with Crippen LogP contribution in [0.5, 0.6) is 5.75 Å². The lowest BCUT2D eigenvalue weighted by Crippen LogP contribution is -2.11. The van der Waals surface area contributed by atoms with Gasteiger partial charge in [0.2, 0.25) is 0 Å². The van der Waals surface area contributed by atoms with E-state index in [1.54, 1.807) is 0 Å². The van der Waals surface area contributed by atoms with Gasteiger partial charge in [-0.1, -0.05) is 11.6 Å². The van der Waals surface area contributed by atoms with E-state index in [-0.39, 0.29) is 6.10 Å². The Morgan fingerprint density at radius 2 is 2.00 bits per heavy atom. The number of anilines is 1. The van der Waals surface area contributed by atoms with E-state index in [1.807, 2.05) is 33.8 Å². The molecule has 0 saturated carbocycles. The maximum absolute atomic E-state index is 6.17. The minimum atomic E-state index is 0.164. The van der Waals surface area contributed by atoms with E-state index in [0.717, 1.165) is 34.1 Å². The summed E-state index contributed by atoms with van der Waals surface area (Å²) in [6.45, 7) is 11.0. The van der Waals surface area contributed by atoms with Gasteiger partial charge in [-0.25, -0.2) is 0 Å². The van der Waals surface area contributed by atoms with Crippen LogP contribution in [0.15, 0.2) is 6.07 Å². The third kappa shape index (κ3) is 2.82. The summed E-state index contributed by atoms with van der Waals surface area (Å²) >= 11 is 6.17. The third-order valence-electron chi connectivity index (χ3n) is 2.37. The van der Waals surface area contributed by atoms with Crippen LogP contribution >= 0.6 is 11.6 Å². The highest BCUT2D eigenvalue weighted by Crippen LogP contribution is 2.37. The SMILES string of the molecule is CCNc1c(C)c(Cl)cc(C)c1OC(C)C. The Bertz CT molecular complexity index is 375. The summed E-state index contributed by atoms with van der Waals surface area (Å²) in [5.74, 6) is 0.916. The molecule has 0 bridgehead atoms. The molecule has 0 aliphatic heterocycles. The van der Waals surface area contributed by atoms with Crippen molar-refractivity contribution in [2.45, 2.75) is 40.7 Å². The molecule has 1 aromatic carbocycles. The van der Waals surface area contributed by atoms with Gasteiger partial charge in [-0.2, -0.15) is 0 Å². The molecule has 0 spiro atoms. The Labute approximate surface area is 103 Å². The highest BCUT2D eigenvalue weighted by molar-refractivity contribution is 6.32. The molecule has 0 radical (unpaired) electrons. The average Bonchev–Trinajstić information content (AvgIpc) is 2.19. The summed E-state index contributed by atoms with van der Waals surface area (Å²) in [4.78, 5) is 0. The Morgan fingerprint density at radius 3 is 2.50 bits per heavy atom. The van der Waals surface area contributed by atoms with Crippen LogP contribution in [-0.2, 0) is 0 Å². The minimum Gasteiger partial charge on any atom is -0.489 e. The number of nitrogens with one attached hydrogen (secondary N) is 1. The molecular weight excluding hydrogens is 222 g/mol. The predicted molar refractivity (Wildman–Crippen MR) is 70.9 cm³/mol. The Hall–Kier alpha value is -0.890. The standard InChI is InChI=1S/C13H20ClNO/c1-6-15-12-10(5)11(14)7-9(4)13(12)16-8(2)3/h7-8,15H,6H2,1-5H3. The maximum atomic E-state index is 6.17. The molecule has 0 aromatic heterocycles. The molecule has 90 valence electrons. The van der Waals surface area contributed by atoms with E-state index < -0.39 is 0 Å². The molecule has 3 heteroatoms. The molecule has 1 rings (SSSR count). The first-order valence-corrected chi connectivity index (χ1v) is 6.05. The van der Waals surface area contributed by atoms with Gasteiger partial charge in [0, 0.05) is 11.6 Å². The average molecular weight is 242 g/mol. The molecule has 0 saturated heterocycles. The monoisotopic (exact) mass is 241 g/mol. The normalized spacial score (nSPS) is 10.7. The molecule has 2 nitrogen and oxygen atoms in total. The molecule has 1 N–H and O–H groups in total. The molecule has 0 fully saturated rings. The summed E-state index contributed by atoms with van der Waals surface area (Å²) in [6, 6.07) is 1.95. The molecule has 0 atom stereocenters. The number of hydrogen-bond donors (Lipinski definition) is 1. The van der Waals surface area contributed by atoms with E-state index in [2.05, 4.69) is 12.2 Å². The molecule has 0 aliphatic carbocycles. The van der Waals surface area contributed by atoms with Crippen LogP contribution in [-0.4, -0.2) is 12.6 Å². The number of ether oxygens (including phenoxy) is 1. The number of benzene rings is 1. The molecule has 0 unspecified atom stereocenters. The van der Waals surface area contributed by atoms with Crippen LogP contribution in [0.4, 0.5) is 5.69 Å². The van der Waals surface area contributed by atoms with Crippen molar-refractivity contribution in [3.8, 4) is 5.75 Å². The van der Waals surface area contributed by atoms with Crippen molar-refractivity contribution in [3.63, 3.8) is 0 Å². The highest BCUT2D eigenvalue weighted by atomic mass is 35.5. The summed E-state index contributed by atoms with van der Waals surface area (Å²) in [5.41, 5.74) is 3.13. The summed E-state index contributed by atoms with van der Waals surface area (Å²) < 4.78 is 5.84. The zero-order chi connectivity index (χ0) is 12.3. The smallest absolute Gasteiger partial charge is 0.146 e. The molecule has 0 heterocycles.